The van der Waals surface area contributed by atoms with Gasteiger partial charge >= 0.3 is 5.97 Å². The van der Waals surface area contributed by atoms with Gasteiger partial charge in [0.15, 0.2) is 0 Å². The molecule has 2 aromatic rings. The van der Waals surface area contributed by atoms with Gasteiger partial charge in [-0.2, -0.15) is 0 Å². The minimum atomic E-state index is -1.07. The van der Waals surface area contributed by atoms with E-state index in [4.69, 9.17) is 28.9 Å². The van der Waals surface area contributed by atoms with Crippen molar-refractivity contribution in [2.24, 2.45) is 0 Å². The van der Waals surface area contributed by atoms with Crippen LogP contribution in [0.2, 0.25) is 10.0 Å². The van der Waals surface area contributed by atoms with E-state index in [-0.39, 0.29) is 5.56 Å². The molecule has 0 aromatic heterocycles. The van der Waals surface area contributed by atoms with Crippen molar-refractivity contribution < 1.29 is 9.90 Å². The molecule has 0 heterocycles. The maximum Gasteiger partial charge on any atom is 0.337 e. The van der Waals surface area contributed by atoms with Crippen LogP contribution in [0.3, 0.4) is 0 Å². The SMILES string of the molecule is CN(Cc1cccc(Cl)c1)c1c(Cl)cc(N)cc1C(=O)O. The first-order valence-electron chi connectivity index (χ1n) is 6.16. The van der Waals surface area contributed by atoms with E-state index in [1.165, 1.54) is 12.1 Å². The second-order valence-corrected chi connectivity index (χ2v) is 5.53. The molecular formula is C15H14Cl2N2O2. The fourth-order valence-corrected chi connectivity index (χ4v) is 2.74. The highest BCUT2D eigenvalue weighted by atomic mass is 35.5. The van der Waals surface area contributed by atoms with Crippen LogP contribution < -0.4 is 10.6 Å². The molecular weight excluding hydrogens is 311 g/mol. The van der Waals surface area contributed by atoms with Crippen LogP contribution >= 0.6 is 23.2 Å². The number of aromatic carboxylic acids is 1. The highest BCUT2D eigenvalue weighted by Gasteiger charge is 2.18. The molecule has 0 fully saturated rings. The molecule has 0 aliphatic carbocycles. The molecule has 0 bridgehead atoms. The van der Waals surface area contributed by atoms with Gasteiger partial charge in [-0.25, -0.2) is 4.79 Å². The van der Waals surface area contributed by atoms with Crippen LogP contribution in [0.15, 0.2) is 36.4 Å². The number of nitrogens with zero attached hydrogens (tertiary/aromatic N) is 1. The van der Waals surface area contributed by atoms with Gasteiger partial charge in [0.25, 0.3) is 0 Å². The highest BCUT2D eigenvalue weighted by molar-refractivity contribution is 6.34. The van der Waals surface area contributed by atoms with Gasteiger partial charge in [-0.1, -0.05) is 35.3 Å². The topological polar surface area (TPSA) is 66.6 Å². The molecule has 0 spiro atoms. The van der Waals surface area contributed by atoms with Gasteiger partial charge in [0.05, 0.1) is 16.3 Å². The van der Waals surface area contributed by atoms with E-state index in [1.54, 1.807) is 18.0 Å². The highest BCUT2D eigenvalue weighted by Crippen LogP contribution is 2.33. The number of nitrogen functional groups attached to an aromatic ring is 1. The Balaban J connectivity index is 2.39. The third-order valence-corrected chi connectivity index (χ3v) is 3.53. The smallest absolute Gasteiger partial charge is 0.337 e. The second kappa shape index (κ2) is 6.24. The number of carboxylic acids is 1. The minimum Gasteiger partial charge on any atom is -0.478 e. The molecule has 4 nitrogen and oxygen atoms in total. The summed E-state index contributed by atoms with van der Waals surface area (Å²) in [6.45, 7) is 0.477. The number of carboxylic acid groups (broad SMARTS) is 1. The van der Waals surface area contributed by atoms with Crippen molar-refractivity contribution in [3.63, 3.8) is 0 Å². The fraction of sp³-hybridized carbons (Fsp3) is 0.133. The molecule has 0 unspecified atom stereocenters. The fourth-order valence-electron chi connectivity index (χ4n) is 2.16. The zero-order valence-corrected chi connectivity index (χ0v) is 12.8. The Kier molecular flexibility index (Phi) is 4.60. The van der Waals surface area contributed by atoms with Gasteiger partial charge in [0.2, 0.25) is 0 Å². The predicted octanol–water partition coefficient (Wildman–Crippen LogP) is 3.91. The molecule has 0 aliphatic rings. The third kappa shape index (κ3) is 3.60. The third-order valence-electron chi connectivity index (χ3n) is 3.01. The van der Waals surface area contributed by atoms with Crippen molar-refractivity contribution in [1.82, 2.24) is 0 Å². The van der Waals surface area contributed by atoms with E-state index >= 15 is 0 Å². The molecule has 110 valence electrons. The number of halogens is 2. The molecule has 6 heteroatoms. The molecule has 2 rings (SSSR count). The summed E-state index contributed by atoms with van der Waals surface area (Å²) in [4.78, 5) is 13.1. The van der Waals surface area contributed by atoms with Crippen LogP contribution in [0.1, 0.15) is 15.9 Å². The predicted molar refractivity (Wildman–Crippen MR) is 86.4 cm³/mol. The van der Waals surface area contributed by atoms with Crippen molar-refractivity contribution in [1.29, 1.82) is 0 Å². The summed E-state index contributed by atoms with van der Waals surface area (Å²) < 4.78 is 0. The van der Waals surface area contributed by atoms with Crippen LogP contribution in [0.25, 0.3) is 0 Å². The van der Waals surface area contributed by atoms with E-state index in [2.05, 4.69) is 0 Å². The maximum atomic E-state index is 11.4. The summed E-state index contributed by atoms with van der Waals surface area (Å²) in [6, 6.07) is 10.3. The van der Waals surface area contributed by atoms with Gasteiger partial charge in [0.1, 0.15) is 0 Å². The average Bonchev–Trinajstić information content (AvgIpc) is 2.37. The van der Waals surface area contributed by atoms with Crippen molar-refractivity contribution in [3.8, 4) is 0 Å². The lowest BCUT2D eigenvalue weighted by Crippen LogP contribution is -2.20. The summed E-state index contributed by atoms with van der Waals surface area (Å²) in [5.41, 5.74) is 7.43. The summed E-state index contributed by atoms with van der Waals surface area (Å²) >= 11 is 12.1. The Morgan fingerprint density at radius 2 is 2.00 bits per heavy atom. The molecule has 0 aliphatic heterocycles. The van der Waals surface area contributed by atoms with Crippen molar-refractivity contribution in [2.45, 2.75) is 6.54 Å². The first-order chi connectivity index (χ1) is 9.88. The lowest BCUT2D eigenvalue weighted by molar-refractivity contribution is 0.0697. The maximum absolute atomic E-state index is 11.4. The first kappa shape index (κ1) is 15.5. The van der Waals surface area contributed by atoms with E-state index < -0.39 is 5.97 Å². The Hall–Kier alpha value is -1.91. The van der Waals surface area contributed by atoms with Crippen LogP contribution in [0.4, 0.5) is 11.4 Å². The Morgan fingerprint density at radius 1 is 1.29 bits per heavy atom. The van der Waals surface area contributed by atoms with Crippen LogP contribution in [-0.2, 0) is 6.54 Å². The molecule has 0 atom stereocenters. The number of rotatable bonds is 4. The minimum absolute atomic E-state index is 0.0736. The number of hydrogen-bond donors (Lipinski definition) is 2. The number of hydrogen-bond acceptors (Lipinski definition) is 3. The van der Waals surface area contributed by atoms with E-state index in [0.717, 1.165) is 5.56 Å². The second-order valence-electron chi connectivity index (χ2n) is 4.69. The van der Waals surface area contributed by atoms with Crippen molar-refractivity contribution >= 4 is 40.5 Å². The molecule has 0 saturated carbocycles. The first-order valence-corrected chi connectivity index (χ1v) is 6.92. The zero-order valence-electron chi connectivity index (χ0n) is 11.3. The number of benzene rings is 2. The summed E-state index contributed by atoms with van der Waals surface area (Å²) in [5.74, 6) is -1.07. The Morgan fingerprint density at radius 3 is 2.62 bits per heavy atom. The monoisotopic (exact) mass is 324 g/mol. The lowest BCUT2D eigenvalue weighted by Gasteiger charge is -2.23. The van der Waals surface area contributed by atoms with Gasteiger partial charge in [-0.15, -0.1) is 0 Å². The number of carbonyl (C=O) groups is 1. The van der Waals surface area contributed by atoms with Gasteiger partial charge in [-0.05, 0) is 29.8 Å². The van der Waals surface area contributed by atoms with Gasteiger partial charge < -0.3 is 15.7 Å². The van der Waals surface area contributed by atoms with Crippen molar-refractivity contribution in [2.75, 3.05) is 17.7 Å². The Labute approximate surface area is 132 Å². The van der Waals surface area contributed by atoms with Crippen LogP contribution in [0.5, 0.6) is 0 Å². The summed E-state index contributed by atoms with van der Waals surface area (Å²) in [7, 11) is 1.77. The standard InChI is InChI=1S/C15H14Cl2N2O2/c1-19(8-9-3-2-4-10(16)5-9)14-12(15(20)21)6-11(18)7-13(14)17/h2-7H,8,18H2,1H3,(H,20,21). The van der Waals surface area contributed by atoms with Gasteiger partial charge in [-0.3, -0.25) is 0 Å². The molecule has 3 N–H and O–H groups in total. The zero-order chi connectivity index (χ0) is 15.6. The molecule has 2 aromatic carbocycles. The largest absolute Gasteiger partial charge is 0.478 e. The van der Waals surface area contributed by atoms with E-state index in [9.17, 15) is 9.90 Å². The van der Waals surface area contributed by atoms with Crippen LogP contribution in [0, 0.1) is 0 Å². The molecule has 0 radical (unpaired) electrons. The molecule has 0 saturated heterocycles. The summed E-state index contributed by atoms with van der Waals surface area (Å²) in [5, 5.41) is 10.2. The van der Waals surface area contributed by atoms with E-state index in [1.807, 2.05) is 18.2 Å². The molecule has 0 amide bonds. The molecule has 21 heavy (non-hydrogen) atoms. The average molecular weight is 325 g/mol. The summed E-state index contributed by atoms with van der Waals surface area (Å²) in [6.07, 6.45) is 0. The Bertz CT molecular complexity index is 689. The van der Waals surface area contributed by atoms with Gasteiger partial charge in [0, 0.05) is 24.3 Å². The quantitative estimate of drug-likeness (QED) is 0.837. The normalized spacial score (nSPS) is 10.4. The van der Waals surface area contributed by atoms with E-state index in [0.29, 0.717) is 28.0 Å². The number of anilines is 2. The number of nitrogens with two attached hydrogens (primary N) is 1. The van der Waals surface area contributed by atoms with Crippen LogP contribution in [-0.4, -0.2) is 18.1 Å². The van der Waals surface area contributed by atoms with Crippen molar-refractivity contribution in [3.05, 3.63) is 57.6 Å². The lowest BCUT2D eigenvalue weighted by atomic mass is 10.1.